The summed E-state index contributed by atoms with van der Waals surface area (Å²) in [6.45, 7) is 4.83. The number of nitrogens with zero attached hydrogens (tertiary/aromatic N) is 3. The Bertz CT molecular complexity index is 716. The maximum atomic E-state index is 12.7. The number of carbonyl (C=O) groups excluding carboxylic acids is 1. The van der Waals surface area contributed by atoms with E-state index in [-0.39, 0.29) is 35.6 Å². The van der Waals surface area contributed by atoms with E-state index >= 15 is 0 Å². The Labute approximate surface area is 136 Å². The number of nitriles is 1. The van der Waals surface area contributed by atoms with Crippen molar-refractivity contribution in [2.45, 2.75) is 24.8 Å². The molecule has 0 saturated carbocycles. The molecule has 1 aliphatic rings. The summed E-state index contributed by atoms with van der Waals surface area (Å²) >= 11 is 0. The van der Waals surface area contributed by atoms with Gasteiger partial charge >= 0.3 is 6.03 Å². The van der Waals surface area contributed by atoms with Gasteiger partial charge < -0.3 is 10.2 Å². The average Bonchev–Trinajstić information content (AvgIpc) is 2.54. The van der Waals surface area contributed by atoms with Gasteiger partial charge in [0.15, 0.2) is 0 Å². The molecule has 8 heteroatoms. The first-order chi connectivity index (χ1) is 10.9. The van der Waals surface area contributed by atoms with E-state index in [0.29, 0.717) is 13.1 Å². The van der Waals surface area contributed by atoms with Crippen LogP contribution in [-0.4, -0.2) is 55.9 Å². The van der Waals surface area contributed by atoms with E-state index in [1.165, 1.54) is 16.4 Å². The Morgan fingerprint density at radius 1 is 1.22 bits per heavy atom. The molecule has 1 heterocycles. The molecule has 0 radical (unpaired) electrons. The molecule has 23 heavy (non-hydrogen) atoms. The van der Waals surface area contributed by atoms with Crippen molar-refractivity contribution in [3.05, 3.63) is 29.8 Å². The van der Waals surface area contributed by atoms with Crippen LogP contribution in [0.5, 0.6) is 0 Å². The SMILES string of the molecule is CC(C)NC(=O)N1CCN(S(=O)(=O)c2ccccc2C#N)CC1. The standard InChI is InChI=1S/C15H20N4O3S/c1-12(2)17-15(20)18-7-9-19(10-8-18)23(21,22)14-6-4-3-5-13(14)11-16/h3-6,12H,7-10H2,1-2H3,(H,17,20). The number of carbonyl (C=O) groups is 1. The third-order valence-corrected chi connectivity index (χ3v) is 5.52. The normalized spacial score (nSPS) is 16.2. The van der Waals surface area contributed by atoms with E-state index in [4.69, 9.17) is 5.26 Å². The quantitative estimate of drug-likeness (QED) is 0.890. The molecule has 2 rings (SSSR count). The van der Waals surface area contributed by atoms with Crippen LogP contribution in [0.2, 0.25) is 0 Å². The molecular weight excluding hydrogens is 316 g/mol. The van der Waals surface area contributed by atoms with E-state index in [2.05, 4.69) is 5.32 Å². The number of sulfonamides is 1. The molecule has 1 fully saturated rings. The van der Waals surface area contributed by atoms with Crippen molar-refractivity contribution >= 4 is 16.1 Å². The molecule has 1 N–H and O–H groups in total. The van der Waals surface area contributed by atoms with Gasteiger partial charge in [-0.3, -0.25) is 0 Å². The number of nitrogens with one attached hydrogen (secondary N) is 1. The minimum absolute atomic E-state index is 0.0163. The molecule has 1 aromatic carbocycles. The lowest BCUT2D eigenvalue weighted by atomic mass is 10.2. The third-order valence-electron chi connectivity index (χ3n) is 3.56. The summed E-state index contributed by atoms with van der Waals surface area (Å²) in [5, 5.41) is 11.9. The maximum absolute atomic E-state index is 12.7. The zero-order valence-electron chi connectivity index (χ0n) is 13.2. The Kier molecular flexibility index (Phi) is 5.23. The molecule has 0 aromatic heterocycles. The smallest absolute Gasteiger partial charge is 0.317 e. The Morgan fingerprint density at radius 2 is 1.83 bits per heavy atom. The van der Waals surface area contributed by atoms with Crippen molar-refractivity contribution in [2.75, 3.05) is 26.2 Å². The molecule has 7 nitrogen and oxygen atoms in total. The highest BCUT2D eigenvalue weighted by molar-refractivity contribution is 7.89. The fourth-order valence-electron chi connectivity index (χ4n) is 2.39. The van der Waals surface area contributed by atoms with Crippen molar-refractivity contribution in [1.29, 1.82) is 5.26 Å². The number of rotatable bonds is 3. The first kappa shape index (κ1) is 17.2. The minimum atomic E-state index is -3.72. The molecular formula is C15H20N4O3S. The third kappa shape index (κ3) is 3.81. The van der Waals surface area contributed by atoms with Gasteiger partial charge in [0, 0.05) is 32.2 Å². The first-order valence-electron chi connectivity index (χ1n) is 7.41. The highest BCUT2D eigenvalue weighted by Crippen LogP contribution is 2.21. The minimum Gasteiger partial charge on any atom is -0.336 e. The van der Waals surface area contributed by atoms with Crippen LogP contribution in [0.1, 0.15) is 19.4 Å². The molecule has 124 valence electrons. The van der Waals surface area contributed by atoms with Crippen LogP contribution in [-0.2, 0) is 10.0 Å². The molecule has 1 saturated heterocycles. The number of piperazine rings is 1. The summed E-state index contributed by atoms with van der Waals surface area (Å²) < 4.78 is 26.7. The molecule has 0 atom stereocenters. The summed E-state index contributed by atoms with van der Waals surface area (Å²) in [5.74, 6) is 0. The second-order valence-electron chi connectivity index (χ2n) is 5.60. The van der Waals surface area contributed by atoms with Crippen LogP contribution in [0.3, 0.4) is 0 Å². The van der Waals surface area contributed by atoms with Crippen molar-refractivity contribution < 1.29 is 13.2 Å². The lowest BCUT2D eigenvalue weighted by molar-refractivity contribution is 0.170. The van der Waals surface area contributed by atoms with Gasteiger partial charge in [-0.25, -0.2) is 13.2 Å². The van der Waals surface area contributed by atoms with Gasteiger partial charge in [-0.15, -0.1) is 0 Å². The molecule has 2 amide bonds. The van der Waals surface area contributed by atoms with Crippen molar-refractivity contribution in [1.82, 2.24) is 14.5 Å². The lowest BCUT2D eigenvalue weighted by Gasteiger charge is -2.34. The van der Waals surface area contributed by atoms with Crippen molar-refractivity contribution in [2.24, 2.45) is 0 Å². The lowest BCUT2D eigenvalue weighted by Crippen LogP contribution is -2.54. The van der Waals surface area contributed by atoms with E-state index in [0.717, 1.165) is 0 Å². The Hall–Kier alpha value is -2.11. The zero-order valence-corrected chi connectivity index (χ0v) is 14.0. The Balaban J connectivity index is 2.10. The number of hydrogen-bond acceptors (Lipinski definition) is 4. The summed E-state index contributed by atoms with van der Waals surface area (Å²) in [7, 11) is -3.72. The van der Waals surface area contributed by atoms with Crippen molar-refractivity contribution in [3.63, 3.8) is 0 Å². The largest absolute Gasteiger partial charge is 0.336 e. The molecule has 1 aromatic rings. The van der Waals surface area contributed by atoms with Gasteiger partial charge in [-0.1, -0.05) is 12.1 Å². The molecule has 1 aliphatic heterocycles. The first-order valence-corrected chi connectivity index (χ1v) is 8.85. The molecule has 0 aliphatic carbocycles. The van der Waals surface area contributed by atoms with Gasteiger partial charge in [-0.05, 0) is 26.0 Å². The summed E-state index contributed by atoms with van der Waals surface area (Å²) in [4.78, 5) is 13.6. The van der Waals surface area contributed by atoms with E-state index < -0.39 is 10.0 Å². The van der Waals surface area contributed by atoms with Gasteiger partial charge in [0.1, 0.15) is 6.07 Å². The zero-order chi connectivity index (χ0) is 17.0. The summed E-state index contributed by atoms with van der Waals surface area (Å²) in [6.07, 6.45) is 0. The second kappa shape index (κ2) is 6.98. The van der Waals surface area contributed by atoms with Crippen LogP contribution in [0.15, 0.2) is 29.2 Å². The molecule has 0 unspecified atom stereocenters. The highest BCUT2D eigenvalue weighted by atomic mass is 32.2. The fourth-order valence-corrected chi connectivity index (χ4v) is 3.96. The summed E-state index contributed by atoms with van der Waals surface area (Å²) in [6, 6.07) is 7.91. The molecule has 0 spiro atoms. The molecule has 0 bridgehead atoms. The van der Waals surface area contributed by atoms with Gasteiger partial charge in [0.25, 0.3) is 0 Å². The number of benzene rings is 1. The fraction of sp³-hybridized carbons (Fsp3) is 0.467. The van der Waals surface area contributed by atoms with E-state index in [9.17, 15) is 13.2 Å². The second-order valence-corrected chi connectivity index (χ2v) is 7.51. The van der Waals surface area contributed by atoms with Gasteiger partial charge in [0.05, 0.1) is 10.5 Å². The topological polar surface area (TPSA) is 93.5 Å². The predicted molar refractivity (Wildman–Crippen MR) is 85.2 cm³/mol. The average molecular weight is 336 g/mol. The van der Waals surface area contributed by atoms with E-state index in [1.807, 2.05) is 19.9 Å². The number of urea groups is 1. The van der Waals surface area contributed by atoms with Crippen molar-refractivity contribution in [3.8, 4) is 6.07 Å². The van der Waals surface area contributed by atoms with E-state index in [1.54, 1.807) is 17.0 Å². The van der Waals surface area contributed by atoms with Crippen LogP contribution in [0.4, 0.5) is 4.79 Å². The Morgan fingerprint density at radius 3 is 2.39 bits per heavy atom. The number of amides is 2. The highest BCUT2D eigenvalue weighted by Gasteiger charge is 2.31. The number of hydrogen-bond donors (Lipinski definition) is 1. The van der Waals surface area contributed by atoms with Gasteiger partial charge in [0.2, 0.25) is 10.0 Å². The van der Waals surface area contributed by atoms with Crippen LogP contribution >= 0.6 is 0 Å². The van der Waals surface area contributed by atoms with Crippen LogP contribution in [0.25, 0.3) is 0 Å². The summed E-state index contributed by atoms with van der Waals surface area (Å²) in [5.41, 5.74) is 0.132. The monoisotopic (exact) mass is 336 g/mol. The van der Waals surface area contributed by atoms with Crippen LogP contribution < -0.4 is 5.32 Å². The van der Waals surface area contributed by atoms with Crippen LogP contribution in [0, 0.1) is 11.3 Å². The predicted octanol–water partition coefficient (Wildman–Crippen LogP) is 0.983. The maximum Gasteiger partial charge on any atom is 0.317 e. The van der Waals surface area contributed by atoms with Gasteiger partial charge in [-0.2, -0.15) is 9.57 Å².